The van der Waals surface area contributed by atoms with Crippen LogP contribution in [0.2, 0.25) is 0 Å². The summed E-state index contributed by atoms with van der Waals surface area (Å²) in [6, 6.07) is 5.87. The summed E-state index contributed by atoms with van der Waals surface area (Å²) in [7, 11) is -1.49. The summed E-state index contributed by atoms with van der Waals surface area (Å²) in [4.78, 5) is 6.91. The van der Waals surface area contributed by atoms with Crippen LogP contribution in [-0.2, 0) is 10.0 Å². The zero-order valence-corrected chi connectivity index (χ0v) is 15.2. The monoisotopic (exact) mass is 367 g/mol. The Hall–Kier alpha value is -1.38. The SMILES string of the molecule is COc1ccc2sc(N3CCCC(NS(=O)(=O)C4CC4)C3)nc2c1. The lowest BCUT2D eigenvalue weighted by molar-refractivity contribution is 0.415. The maximum atomic E-state index is 12.2. The first-order valence-corrected chi connectivity index (χ1v) is 10.6. The Morgan fingerprint density at radius 1 is 1.33 bits per heavy atom. The minimum atomic E-state index is -3.14. The highest BCUT2D eigenvalue weighted by molar-refractivity contribution is 7.90. The van der Waals surface area contributed by atoms with Crippen LogP contribution < -0.4 is 14.4 Å². The molecule has 2 heterocycles. The lowest BCUT2D eigenvalue weighted by atomic mass is 10.1. The number of methoxy groups -OCH3 is 1. The highest BCUT2D eigenvalue weighted by Crippen LogP contribution is 2.33. The summed E-state index contributed by atoms with van der Waals surface area (Å²) in [5.41, 5.74) is 0.926. The van der Waals surface area contributed by atoms with E-state index in [0.29, 0.717) is 6.54 Å². The van der Waals surface area contributed by atoms with Crippen molar-refractivity contribution in [2.45, 2.75) is 37.0 Å². The largest absolute Gasteiger partial charge is 0.497 e. The minimum Gasteiger partial charge on any atom is -0.497 e. The number of piperidine rings is 1. The lowest BCUT2D eigenvalue weighted by Gasteiger charge is -2.32. The third-order valence-corrected chi connectivity index (χ3v) is 7.68. The molecule has 4 rings (SSSR count). The van der Waals surface area contributed by atoms with Gasteiger partial charge in [-0.2, -0.15) is 0 Å². The summed E-state index contributed by atoms with van der Waals surface area (Å²) >= 11 is 1.64. The Morgan fingerprint density at radius 2 is 2.17 bits per heavy atom. The van der Waals surface area contributed by atoms with Crippen LogP contribution in [0.5, 0.6) is 5.75 Å². The second-order valence-electron chi connectivity index (χ2n) is 6.48. The van der Waals surface area contributed by atoms with Crippen molar-refractivity contribution in [3.8, 4) is 5.75 Å². The Kier molecular flexibility index (Phi) is 4.14. The van der Waals surface area contributed by atoms with Crippen molar-refractivity contribution >= 4 is 36.7 Å². The molecule has 1 unspecified atom stereocenters. The number of nitrogens with zero attached hydrogens (tertiary/aromatic N) is 2. The third kappa shape index (κ3) is 3.22. The van der Waals surface area contributed by atoms with E-state index in [1.165, 1.54) is 0 Å². The van der Waals surface area contributed by atoms with Crippen LogP contribution in [0, 0.1) is 0 Å². The van der Waals surface area contributed by atoms with Gasteiger partial charge in [0.05, 0.1) is 22.6 Å². The van der Waals surface area contributed by atoms with Crippen molar-refractivity contribution in [3.63, 3.8) is 0 Å². The van der Waals surface area contributed by atoms with Crippen LogP contribution in [0.4, 0.5) is 5.13 Å². The zero-order valence-electron chi connectivity index (χ0n) is 13.6. The van der Waals surface area contributed by atoms with E-state index in [4.69, 9.17) is 9.72 Å². The molecule has 2 aromatic rings. The van der Waals surface area contributed by atoms with Gasteiger partial charge in [-0.25, -0.2) is 18.1 Å². The minimum absolute atomic E-state index is 0.0223. The van der Waals surface area contributed by atoms with Crippen molar-refractivity contribution in [1.29, 1.82) is 0 Å². The van der Waals surface area contributed by atoms with E-state index < -0.39 is 10.0 Å². The number of anilines is 1. The van der Waals surface area contributed by atoms with E-state index in [2.05, 4.69) is 9.62 Å². The normalized spacial score (nSPS) is 22.0. The molecule has 1 saturated carbocycles. The Balaban J connectivity index is 1.51. The number of fused-ring (bicyclic) bond motifs is 1. The van der Waals surface area contributed by atoms with Gasteiger partial charge in [-0.1, -0.05) is 11.3 Å². The van der Waals surface area contributed by atoms with Gasteiger partial charge in [0.1, 0.15) is 5.75 Å². The summed E-state index contributed by atoms with van der Waals surface area (Å²) < 4.78 is 33.6. The number of hydrogen-bond donors (Lipinski definition) is 1. The number of benzene rings is 1. The third-order valence-electron chi connectivity index (χ3n) is 4.57. The van der Waals surface area contributed by atoms with Gasteiger partial charge < -0.3 is 9.64 Å². The average Bonchev–Trinajstić information content (AvgIpc) is 3.34. The molecule has 1 aromatic heterocycles. The smallest absolute Gasteiger partial charge is 0.214 e. The molecule has 130 valence electrons. The summed E-state index contributed by atoms with van der Waals surface area (Å²) in [6.45, 7) is 1.60. The highest BCUT2D eigenvalue weighted by Gasteiger charge is 2.37. The van der Waals surface area contributed by atoms with Gasteiger partial charge in [-0.15, -0.1) is 0 Å². The fraction of sp³-hybridized carbons (Fsp3) is 0.562. The van der Waals surface area contributed by atoms with Crippen LogP contribution in [0.1, 0.15) is 25.7 Å². The van der Waals surface area contributed by atoms with Crippen LogP contribution in [0.3, 0.4) is 0 Å². The Labute approximate surface area is 145 Å². The van der Waals surface area contributed by atoms with Gasteiger partial charge in [-0.3, -0.25) is 0 Å². The van der Waals surface area contributed by atoms with Crippen molar-refractivity contribution in [2.24, 2.45) is 0 Å². The van der Waals surface area contributed by atoms with E-state index in [0.717, 1.165) is 53.3 Å². The molecule has 24 heavy (non-hydrogen) atoms. The molecule has 2 aliphatic rings. The molecule has 8 heteroatoms. The summed E-state index contributed by atoms with van der Waals surface area (Å²) in [5, 5.41) is 0.788. The highest BCUT2D eigenvalue weighted by atomic mass is 32.2. The average molecular weight is 367 g/mol. The topological polar surface area (TPSA) is 71.5 Å². The molecule has 2 fully saturated rings. The van der Waals surface area contributed by atoms with E-state index in [1.807, 2.05) is 18.2 Å². The van der Waals surface area contributed by atoms with Crippen LogP contribution >= 0.6 is 11.3 Å². The van der Waals surface area contributed by atoms with Crippen LogP contribution in [0.25, 0.3) is 10.2 Å². The predicted octanol–water partition coefficient (Wildman–Crippen LogP) is 2.36. The summed E-state index contributed by atoms with van der Waals surface area (Å²) in [6.07, 6.45) is 3.45. The molecule has 0 bridgehead atoms. The second kappa shape index (κ2) is 6.16. The molecule has 0 amide bonds. The van der Waals surface area contributed by atoms with Gasteiger partial charge in [0.15, 0.2) is 5.13 Å². The Bertz CT molecular complexity index is 845. The number of ether oxygens (including phenoxy) is 1. The fourth-order valence-electron chi connectivity index (χ4n) is 3.11. The van der Waals surface area contributed by atoms with E-state index in [-0.39, 0.29) is 11.3 Å². The molecule has 1 N–H and O–H groups in total. The van der Waals surface area contributed by atoms with Crippen molar-refractivity contribution in [2.75, 3.05) is 25.1 Å². The first-order chi connectivity index (χ1) is 11.5. The molecule has 1 saturated heterocycles. The van der Waals surface area contributed by atoms with E-state index in [1.54, 1.807) is 18.4 Å². The number of nitrogens with one attached hydrogen (secondary N) is 1. The molecule has 6 nitrogen and oxygen atoms in total. The van der Waals surface area contributed by atoms with Gasteiger partial charge in [-0.05, 0) is 37.8 Å². The Morgan fingerprint density at radius 3 is 2.92 bits per heavy atom. The van der Waals surface area contributed by atoms with Crippen molar-refractivity contribution in [3.05, 3.63) is 18.2 Å². The molecule has 1 aliphatic heterocycles. The number of rotatable bonds is 5. The number of aromatic nitrogens is 1. The quantitative estimate of drug-likeness (QED) is 0.878. The van der Waals surface area contributed by atoms with Crippen molar-refractivity contribution in [1.82, 2.24) is 9.71 Å². The van der Waals surface area contributed by atoms with E-state index >= 15 is 0 Å². The van der Waals surface area contributed by atoms with Gasteiger partial charge in [0.25, 0.3) is 0 Å². The first-order valence-electron chi connectivity index (χ1n) is 8.26. The number of sulfonamides is 1. The number of hydrogen-bond acceptors (Lipinski definition) is 6. The molecule has 1 aliphatic carbocycles. The van der Waals surface area contributed by atoms with Gasteiger partial charge >= 0.3 is 0 Å². The predicted molar refractivity (Wildman–Crippen MR) is 96.5 cm³/mol. The molecular formula is C16H21N3O3S2. The second-order valence-corrected chi connectivity index (χ2v) is 9.48. The lowest BCUT2D eigenvalue weighted by Crippen LogP contribution is -2.48. The van der Waals surface area contributed by atoms with E-state index in [9.17, 15) is 8.42 Å². The standard InChI is InChI=1S/C16H21N3O3S2/c1-22-12-4-7-15-14(9-12)17-16(23-15)19-8-2-3-11(10-19)18-24(20,21)13-5-6-13/h4,7,9,11,13,18H,2-3,5-6,8,10H2,1H3. The maximum absolute atomic E-state index is 12.2. The first kappa shape index (κ1) is 16.1. The molecule has 1 aromatic carbocycles. The van der Waals surface area contributed by atoms with Gasteiger partial charge in [0, 0.05) is 25.2 Å². The van der Waals surface area contributed by atoms with Crippen molar-refractivity contribution < 1.29 is 13.2 Å². The molecule has 1 atom stereocenters. The molecule has 0 radical (unpaired) electrons. The number of thiazole rings is 1. The molecular weight excluding hydrogens is 346 g/mol. The van der Waals surface area contributed by atoms with Crippen LogP contribution in [0.15, 0.2) is 18.2 Å². The fourth-order valence-corrected chi connectivity index (χ4v) is 5.70. The van der Waals surface area contributed by atoms with Crippen LogP contribution in [-0.4, -0.2) is 44.9 Å². The maximum Gasteiger partial charge on any atom is 0.214 e. The van der Waals surface area contributed by atoms with Gasteiger partial charge in [0.2, 0.25) is 10.0 Å². The molecule has 0 spiro atoms. The zero-order chi connectivity index (χ0) is 16.7. The summed E-state index contributed by atoms with van der Waals surface area (Å²) in [5.74, 6) is 0.799.